The number of aliphatic imine (C=N–C) groups is 1. The SMILES string of the molecule is C(=N\c1nc2ccccc2n1CCN1CCOCC1)/c1ccccc1. The van der Waals surface area contributed by atoms with E-state index in [2.05, 4.69) is 26.6 Å². The normalized spacial score (nSPS) is 16.0. The minimum atomic E-state index is 0.762. The number of nitrogens with zero attached hydrogens (tertiary/aromatic N) is 4. The second-order valence-electron chi connectivity index (χ2n) is 6.18. The highest BCUT2D eigenvalue weighted by Crippen LogP contribution is 2.21. The summed E-state index contributed by atoms with van der Waals surface area (Å²) in [5, 5.41) is 0. The first-order valence-electron chi connectivity index (χ1n) is 8.75. The predicted molar refractivity (Wildman–Crippen MR) is 101 cm³/mol. The van der Waals surface area contributed by atoms with E-state index in [1.54, 1.807) is 0 Å². The van der Waals surface area contributed by atoms with Crippen LogP contribution < -0.4 is 0 Å². The lowest BCUT2D eigenvalue weighted by Gasteiger charge is -2.26. The zero-order chi connectivity index (χ0) is 16.9. The lowest BCUT2D eigenvalue weighted by molar-refractivity contribution is 0.0366. The summed E-state index contributed by atoms with van der Waals surface area (Å²) in [6.45, 7) is 5.50. The molecule has 0 aliphatic carbocycles. The van der Waals surface area contributed by atoms with Crippen LogP contribution in [0.1, 0.15) is 5.56 Å². The quantitative estimate of drug-likeness (QED) is 0.673. The Bertz CT molecular complexity index is 851. The van der Waals surface area contributed by atoms with E-state index in [0.717, 1.165) is 61.9 Å². The van der Waals surface area contributed by atoms with Crippen LogP contribution in [0.25, 0.3) is 11.0 Å². The molecule has 0 unspecified atom stereocenters. The van der Waals surface area contributed by atoms with Crippen molar-refractivity contribution in [1.82, 2.24) is 14.5 Å². The van der Waals surface area contributed by atoms with Crippen LogP contribution in [0, 0.1) is 0 Å². The minimum absolute atomic E-state index is 0.762. The van der Waals surface area contributed by atoms with Crippen LogP contribution in [0.2, 0.25) is 0 Å². The summed E-state index contributed by atoms with van der Waals surface area (Å²) < 4.78 is 7.65. The highest BCUT2D eigenvalue weighted by molar-refractivity contribution is 5.83. The molecule has 2 aromatic carbocycles. The van der Waals surface area contributed by atoms with Gasteiger partial charge in [0.15, 0.2) is 0 Å². The first kappa shape index (κ1) is 16.0. The first-order chi connectivity index (χ1) is 12.4. The third-order valence-corrected chi connectivity index (χ3v) is 4.51. The molecular weight excluding hydrogens is 312 g/mol. The number of benzene rings is 2. The van der Waals surface area contributed by atoms with Crippen LogP contribution in [0.3, 0.4) is 0 Å². The Morgan fingerprint density at radius 1 is 0.960 bits per heavy atom. The smallest absolute Gasteiger partial charge is 0.230 e. The van der Waals surface area contributed by atoms with E-state index < -0.39 is 0 Å². The van der Waals surface area contributed by atoms with E-state index >= 15 is 0 Å². The molecule has 0 N–H and O–H groups in total. The molecule has 5 nitrogen and oxygen atoms in total. The molecule has 1 saturated heterocycles. The van der Waals surface area contributed by atoms with Gasteiger partial charge in [0.2, 0.25) is 5.95 Å². The zero-order valence-electron chi connectivity index (χ0n) is 14.2. The van der Waals surface area contributed by atoms with E-state index in [1.165, 1.54) is 0 Å². The van der Waals surface area contributed by atoms with Gasteiger partial charge < -0.3 is 9.30 Å². The summed E-state index contributed by atoms with van der Waals surface area (Å²) in [6, 6.07) is 18.4. The summed E-state index contributed by atoms with van der Waals surface area (Å²) in [5.74, 6) is 0.762. The Hall–Kier alpha value is -2.50. The standard InChI is InChI=1S/C20H22N4O/c1-2-6-17(7-3-1)16-21-20-22-18-8-4-5-9-19(18)24(20)11-10-23-12-14-25-15-13-23/h1-9,16H,10-15H2/b21-16+. The van der Waals surface area contributed by atoms with Gasteiger partial charge in [-0.25, -0.2) is 9.98 Å². The van der Waals surface area contributed by atoms with Crippen molar-refractivity contribution < 1.29 is 4.74 Å². The molecule has 1 aromatic heterocycles. The highest BCUT2D eigenvalue weighted by Gasteiger charge is 2.13. The molecular formula is C20H22N4O. The maximum atomic E-state index is 5.43. The molecule has 0 amide bonds. The van der Waals surface area contributed by atoms with Crippen molar-refractivity contribution in [2.45, 2.75) is 6.54 Å². The minimum Gasteiger partial charge on any atom is -0.379 e. The zero-order valence-corrected chi connectivity index (χ0v) is 14.2. The van der Waals surface area contributed by atoms with E-state index in [-0.39, 0.29) is 0 Å². The summed E-state index contributed by atoms with van der Waals surface area (Å²) >= 11 is 0. The number of para-hydroxylation sites is 2. The Morgan fingerprint density at radius 2 is 1.72 bits per heavy atom. The molecule has 1 aliphatic rings. The number of rotatable bonds is 5. The van der Waals surface area contributed by atoms with E-state index in [0.29, 0.717) is 0 Å². The molecule has 1 fully saturated rings. The molecule has 0 saturated carbocycles. The van der Waals surface area contributed by atoms with E-state index in [9.17, 15) is 0 Å². The van der Waals surface area contributed by atoms with Gasteiger partial charge in [-0.05, 0) is 17.7 Å². The van der Waals surface area contributed by atoms with Gasteiger partial charge in [0.1, 0.15) is 0 Å². The molecule has 2 heterocycles. The van der Waals surface area contributed by atoms with Crippen LogP contribution in [-0.2, 0) is 11.3 Å². The lowest BCUT2D eigenvalue weighted by atomic mass is 10.2. The maximum Gasteiger partial charge on any atom is 0.230 e. The van der Waals surface area contributed by atoms with Crippen LogP contribution in [0.4, 0.5) is 5.95 Å². The van der Waals surface area contributed by atoms with E-state index in [1.807, 2.05) is 48.7 Å². The topological polar surface area (TPSA) is 42.7 Å². The fourth-order valence-corrected chi connectivity index (χ4v) is 3.12. The van der Waals surface area contributed by atoms with Crippen LogP contribution in [0.15, 0.2) is 59.6 Å². The van der Waals surface area contributed by atoms with Gasteiger partial charge in [0.25, 0.3) is 0 Å². The highest BCUT2D eigenvalue weighted by atomic mass is 16.5. The molecule has 0 bridgehead atoms. The van der Waals surface area contributed by atoms with Crippen molar-refractivity contribution in [2.24, 2.45) is 4.99 Å². The van der Waals surface area contributed by atoms with Gasteiger partial charge in [-0.1, -0.05) is 42.5 Å². The molecule has 0 atom stereocenters. The largest absolute Gasteiger partial charge is 0.379 e. The van der Waals surface area contributed by atoms with Crippen molar-refractivity contribution in [3.8, 4) is 0 Å². The monoisotopic (exact) mass is 334 g/mol. The molecule has 0 spiro atoms. The van der Waals surface area contributed by atoms with E-state index in [4.69, 9.17) is 9.72 Å². The third-order valence-electron chi connectivity index (χ3n) is 4.51. The average molecular weight is 334 g/mol. The molecule has 3 aromatic rings. The second kappa shape index (κ2) is 7.59. The Kier molecular flexibility index (Phi) is 4.86. The average Bonchev–Trinajstić information content (AvgIpc) is 3.04. The summed E-state index contributed by atoms with van der Waals surface area (Å²) in [4.78, 5) is 11.8. The summed E-state index contributed by atoms with van der Waals surface area (Å²) in [5.41, 5.74) is 3.20. The van der Waals surface area contributed by atoms with Gasteiger partial charge >= 0.3 is 0 Å². The van der Waals surface area contributed by atoms with Crippen molar-refractivity contribution in [3.63, 3.8) is 0 Å². The maximum absolute atomic E-state index is 5.43. The second-order valence-corrected chi connectivity index (χ2v) is 6.18. The number of imidazole rings is 1. The Labute approximate surface area is 147 Å². The molecule has 25 heavy (non-hydrogen) atoms. The third kappa shape index (κ3) is 3.78. The Balaban J connectivity index is 1.60. The molecule has 1 aliphatic heterocycles. The number of morpholine rings is 1. The molecule has 5 heteroatoms. The van der Waals surface area contributed by atoms with Crippen molar-refractivity contribution in [3.05, 3.63) is 60.2 Å². The van der Waals surface area contributed by atoms with Crippen LogP contribution in [-0.4, -0.2) is 53.5 Å². The number of ether oxygens (including phenoxy) is 1. The lowest BCUT2D eigenvalue weighted by Crippen LogP contribution is -2.38. The summed E-state index contributed by atoms with van der Waals surface area (Å²) in [7, 11) is 0. The number of hydrogen-bond donors (Lipinski definition) is 0. The van der Waals surface area contributed by atoms with Gasteiger partial charge in [-0.3, -0.25) is 4.90 Å². The predicted octanol–water partition coefficient (Wildman–Crippen LogP) is 3.12. The fourth-order valence-electron chi connectivity index (χ4n) is 3.12. The van der Waals surface area contributed by atoms with Crippen molar-refractivity contribution >= 4 is 23.2 Å². The summed E-state index contributed by atoms with van der Waals surface area (Å²) in [6.07, 6.45) is 1.88. The van der Waals surface area contributed by atoms with Crippen molar-refractivity contribution in [2.75, 3.05) is 32.8 Å². The molecule has 4 rings (SSSR count). The Morgan fingerprint density at radius 3 is 2.56 bits per heavy atom. The van der Waals surface area contributed by atoms with Crippen LogP contribution >= 0.6 is 0 Å². The molecule has 0 radical (unpaired) electrons. The number of aromatic nitrogens is 2. The van der Waals surface area contributed by atoms with Gasteiger partial charge in [0, 0.05) is 32.4 Å². The molecule has 128 valence electrons. The van der Waals surface area contributed by atoms with Gasteiger partial charge in [-0.15, -0.1) is 0 Å². The van der Waals surface area contributed by atoms with Gasteiger partial charge in [0.05, 0.1) is 24.2 Å². The van der Waals surface area contributed by atoms with Crippen LogP contribution in [0.5, 0.6) is 0 Å². The van der Waals surface area contributed by atoms with Crippen molar-refractivity contribution in [1.29, 1.82) is 0 Å². The van der Waals surface area contributed by atoms with Gasteiger partial charge in [-0.2, -0.15) is 0 Å². The fraction of sp³-hybridized carbons (Fsp3) is 0.300. The number of hydrogen-bond acceptors (Lipinski definition) is 4. The first-order valence-corrected chi connectivity index (χ1v) is 8.75. The number of fused-ring (bicyclic) bond motifs is 1.